The van der Waals surface area contributed by atoms with Crippen LogP contribution in [-0.4, -0.2) is 39.0 Å². The van der Waals surface area contributed by atoms with Crippen LogP contribution < -0.4 is 10.6 Å². The molecule has 1 saturated heterocycles. The third-order valence-corrected chi connectivity index (χ3v) is 3.62. The Morgan fingerprint density at radius 2 is 2.24 bits per heavy atom. The van der Waals surface area contributed by atoms with E-state index in [1.165, 1.54) is 6.20 Å². The lowest BCUT2D eigenvalue weighted by molar-refractivity contribution is 0.102. The van der Waals surface area contributed by atoms with Crippen molar-refractivity contribution in [3.8, 4) is 0 Å². The van der Waals surface area contributed by atoms with E-state index in [2.05, 4.69) is 25.9 Å². The van der Waals surface area contributed by atoms with Crippen LogP contribution in [0.2, 0.25) is 5.02 Å². The van der Waals surface area contributed by atoms with Crippen molar-refractivity contribution in [1.82, 2.24) is 25.3 Å². The Kier molecular flexibility index (Phi) is 4.12. The van der Waals surface area contributed by atoms with Gasteiger partial charge in [-0.1, -0.05) is 16.8 Å². The van der Waals surface area contributed by atoms with Crippen molar-refractivity contribution < 1.29 is 4.79 Å². The van der Waals surface area contributed by atoms with Crippen LogP contribution in [0.4, 0.5) is 5.82 Å². The first kappa shape index (κ1) is 14.0. The average molecular weight is 307 g/mol. The van der Waals surface area contributed by atoms with E-state index in [0.717, 1.165) is 25.9 Å². The van der Waals surface area contributed by atoms with E-state index in [4.69, 9.17) is 11.6 Å². The molecular formula is C13H15ClN6O. The number of hydrogen-bond acceptors (Lipinski definition) is 5. The van der Waals surface area contributed by atoms with Crippen LogP contribution in [0.1, 0.15) is 29.4 Å². The van der Waals surface area contributed by atoms with Gasteiger partial charge in [-0.3, -0.25) is 4.79 Å². The molecule has 1 aliphatic heterocycles. The Morgan fingerprint density at radius 3 is 3.00 bits per heavy atom. The molecule has 0 spiro atoms. The zero-order chi connectivity index (χ0) is 14.7. The zero-order valence-electron chi connectivity index (χ0n) is 11.3. The molecule has 2 aromatic rings. The van der Waals surface area contributed by atoms with Crippen LogP contribution in [-0.2, 0) is 0 Å². The maximum atomic E-state index is 12.1. The van der Waals surface area contributed by atoms with Crippen molar-refractivity contribution in [2.45, 2.75) is 18.9 Å². The van der Waals surface area contributed by atoms with Crippen LogP contribution in [0.25, 0.3) is 0 Å². The monoisotopic (exact) mass is 306 g/mol. The van der Waals surface area contributed by atoms with Crippen LogP contribution in [0, 0.1) is 0 Å². The molecule has 1 fully saturated rings. The highest BCUT2D eigenvalue weighted by molar-refractivity contribution is 6.30. The van der Waals surface area contributed by atoms with Crippen molar-refractivity contribution in [2.24, 2.45) is 0 Å². The van der Waals surface area contributed by atoms with Gasteiger partial charge in [-0.25, -0.2) is 9.67 Å². The molecule has 0 radical (unpaired) electrons. The number of hydrogen-bond donors (Lipinski definition) is 2. The normalized spacial score (nSPS) is 15.9. The summed E-state index contributed by atoms with van der Waals surface area (Å²) in [6.07, 6.45) is 5.18. The summed E-state index contributed by atoms with van der Waals surface area (Å²) in [5.41, 5.74) is 0.273. The number of anilines is 1. The average Bonchev–Trinajstić information content (AvgIpc) is 2.98. The van der Waals surface area contributed by atoms with Crippen molar-refractivity contribution >= 4 is 23.3 Å². The largest absolute Gasteiger partial charge is 0.317 e. The SMILES string of the molecule is O=C(Nc1cc(Cl)ccn1)c1cn(C2CCNCC2)nn1. The second kappa shape index (κ2) is 6.19. The molecule has 0 atom stereocenters. The summed E-state index contributed by atoms with van der Waals surface area (Å²) in [4.78, 5) is 16.1. The standard InChI is InChI=1S/C13H15ClN6O/c14-9-1-6-16-12(7-9)17-13(21)11-8-20(19-18-11)10-2-4-15-5-3-10/h1,6-8,10,15H,2-5H2,(H,16,17,21). The molecule has 2 N–H and O–H groups in total. The molecule has 0 aliphatic carbocycles. The predicted molar refractivity (Wildman–Crippen MR) is 78.4 cm³/mol. The molecule has 3 heterocycles. The van der Waals surface area contributed by atoms with Crippen molar-refractivity contribution in [2.75, 3.05) is 18.4 Å². The third kappa shape index (κ3) is 3.37. The van der Waals surface area contributed by atoms with Gasteiger partial charge >= 0.3 is 0 Å². The number of amides is 1. The maximum absolute atomic E-state index is 12.1. The lowest BCUT2D eigenvalue weighted by atomic mass is 10.1. The van der Waals surface area contributed by atoms with Crippen molar-refractivity contribution in [3.05, 3.63) is 35.2 Å². The fourth-order valence-electron chi connectivity index (χ4n) is 2.28. The zero-order valence-corrected chi connectivity index (χ0v) is 12.0. The molecule has 1 aliphatic rings. The molecule has 1 amide bonds. The summed E-state index contributed by atoms with van der Waals surface area (Å²) in [6, 6.07) is 3.52. The molecular weight excluding hydrogens is 292 g/mol. The Hall–Kier alpha value is -1.99. The second-order valence-corrected chi connectivity index (χ2v) is 5.31. The van der Waals surface area contributed by atoms with Crippen LogP contribution in [0.15, 0.2) is 24.5 Å². The lowest BCUT2D eigenvalue weighted by Gasteiger charge is -2.22. The molecule has 0 aromatic carbocycles. The van der Waals surface area contributed by atoms with E-state index in [0.29, 0.717) is 16.9 Å². The molecule has 0 bridgehead atoms. The summed E-state index contributed by atoms with van der Waals surface area (Å²) in [7, 11) is 0. The minimum Gasteiger partial charge on any atom is -0.317 e. The number of carbonyl (C=O) groups excluding carboxylic acids is 1. The number of halogens is 1. The predicted octanol–water partition coefficient (Wildman–Crippen LogP) is 1.50. The number of piperidine rings is 1. The first-order valence-electron chi connectivity index (χ1n) is 6.78. The maximum Gasteiger partial charge on any atom is 0.278 e. The summed E-state index contributed by atoms with van der Waals surface area (Å²) < 4.78 is 1.77. The second-order valence-electron chi connectivity index (χ2n) is 4.88. The van der Waals surface area contributed by atoms with Gasteiger partial charge in [0.05, 0.1) is 12.2 Å². The molecule has 8 heteroatoms. The number of nitrogens with zero attached hydrogens (tertiary/aromatic N) is 4. The van der Waals surface area contributed by atoms with Gasteiger partial charge in [-0.2, -0.15) is 0 Å². The van der Waals surface area contributed by atoms with E-state index < -0.39 is 0 Å². The lowest BCUT2D eigenvalue weighted by Crippen LogP contribution is -2.29. The van der Waals surface area contributed by atoms with Gasteiger partial charge in [-0.05, 0) is 38.1 Å². The van der Waals surface area contributed by atoms with E-state index in [1.807, 2.05) is 0 Å². The number of nitrogens with one attached hydrogen (secondary N) is 2. The molecule has 7 nitrogen and oxygen atoms in total. The molecule has 0 saturated carbocycles. The first-order valence-corrected chi connectivity index (χ1v) is 7.15. The minimum absolute atomic E-state index is 0.273. The van der Waals surface area contributed by atoms with Gasteiger partial charge < -0.3 is 10.6 Å². The van der Waals surface area contributed by atoms with Gasteiger partial charge in [0.15, 0.2) is 5.69 Å². The van der Waals surface area contributed by atoms with Gasteiger partial charge in [0.1, 0.15) is 5.82 Å². The van der Waals surface area contributed by atoms with Crippen LogP contribution in [0.3, 0.4) is 0 Å². The third-order valence-electron chi connectivity index (χ3n) is 3.39. The van der Waals surface area contributed by atoms with E-state index >= 15 is 0 Å². The summed E-state index contributed by atoms with van der Waals surface area (Å²) in [6.45, 7) is 1.91. The topological polar surface area (TPSA) is 84.7 Å². The van der Waals surface area contributed by atoms with Gasteiger partial charge in [0, 0.05) is 11.2 Å². The van der Waals surface area contributed by atoms with E-state index in [9.17, 15) is 4.79 Å². The van der Waals surface area contributed by atoms with E-state index in [1.54, 1.807) is 23.0 Å². The van der Waals surface area contributed by atoms with Gasteiger partial charge in [0.2, 0.25) is 0 Å². The Morgan fingerprint density at radius 1 is 1.43 bits per heavy atom. The molecule has 3 rings (SSSR count). The highest BCUT2D eigenvalue weighted by Gasteiger charge is 2.18. The molecule has 2 aromatic heterocycles. The summed E-state index contributed by atoms with van der Waals surface area (Å²) in [5.74, 6) is 0.0499. The van der Waals surface area contributed by atoms with Crippen molar-refractivity contribution in [1.29, 1.82) is 0 Å². The fraction of sp³-hybridized carbons (Fsp3) is 0.385. The van der Waals surface area contributed by atoms with Gasteiger partial charge in [-0.15, -0.1) is 5.10 Å². The van der Waals surface area contributed by atoms with Gasteiger partial charge in [0.25, 0.3) is 5.91 Å². The van der Waals surface area contributed by atoms with E-state index in [-0.39, 0.29) is 11.6 Å². The fourth-order valence-corrected chi connectivity index (χ4v) is 2.44. The summed E-state index contributed by atoms with van der Waals surface area (Å²) >= 11 is 5.85. The highest BCUT2D eigenvalue weighted by atomic mass is 35.5. The first-order chi connectivity index (χ1) is 10.2. The molecule has 0 unspecified atom stereocenters. The minimum atomic E-state index is -0.343. The number of aromatic nitrogens is 4. The van der Waals surface area contributed by atoms with Crippen LogP contribution >= 0.6 is 11.6 Å². The Bertz CT molecular complexity index is 637. The quantitative estimate of drug-likeness (QED) is 0.898. The highest BCUT2D eigenvalue weighted by Crippen LogP contribution is 2.17. The molecule has 21 heavy (non-hydrogen) atoms. The molecule has 110 valence electrons. The Balaban J connectivity index is 1.69. The smallest absolute Gasteiger partial charge is 0.278 e. The summed E-state index contributed by atoms with van der Waals surface area (Å²) in [5, 5.41) is 14.4. The van der Waals surface area contributed by atoms with Crippen molar-refractivity contribution in [3.63, 3.8) is 0 Å². The number of pyridine rings is 1. The number of rotatable bonds is 3. The number of carbonyl (C=O) groups is 1. The van der Waals surface area contributed by atoms with Crippen LogP contribution in [0.5, 0.6) is 0 Å². The Labute approximate surface area is 126 Å².